The van der Waals surface area contributed by atoms with E-state index >= 15 is 0 Å². The van der Waals surface area contributed by atoms with Crippen LogP contribution >= 0.6 is 0 Å². The van der Waals surface area contributed by atoms with Gasteiger partial charge >= 0.3 is 20.6 Å². The number of nitrogens with zero attached hydrogens (tertiary/aromatic N) is 2. The van der Waals surface area contributed by atoms with Crippen LogP contribution in [0.1, 0.15) is 0 Å². The first kappa shape index (κ1) is 11.7. The molecular formula is C2H8N2O6S2. The highest BCUT2D eigenvalue weighted by atomic mass is 32.2. The zero-order valence-electron chi connectivity index (χ0n) is 6.24. The smallest absolute Gasteiger partial charge is 0.272 e. The lowest BCUT2D eigenvalue weighted by atomic mass is 11.4. The summed E-state index contributed by atoms with van der Waals surface area (Å²) in [5.74, 6) is 0. The fourth-order valence-electron chi connectivity index (χ4n) is 0.291. The van der Waals surface area contributed by atoms with E-state index in [0.29, 0.717) is 0 Å². The van der Waals surface area contributed by atoms with Crippen LogP contribution in [0.3, 0.4) is 0 Å². The number of hydrogen-bond acceptors (Lipinski definition) is 4. The lowest BCUT2D eigenvalue weighted by molar-refractivity contribution is 0.192. The number of hydrogen-bond donors (Lipinski definition) is 2. The van der Waals surface area contributed by atoms with Crippen LogP contribution in [0, 0.1) is 0 Å². The largest absolute Gasteiger partial charge is 0.349 e. The van der Waals surface area contributed by atoms with E-state index in [0.717, 1.165) is 14.1 Å². The molecule has 0 aromatic rings. The molecule has 0 heterocycles. The number of rotatable bonds is 3. The number of hydrazine groups is 1. The molecule has 10 heteroatoms. The highest BCUT2D eigenvalue weighted by Crippen LogP contribution is 2.01. The average molecular weight is 220 g/mol. The molecule has 0 saturated heterocycles. The molecule has 0 amide bonds. The normalized spacial score (nSPS) is 14.2. The molecule has 0 atom stereocenters. The van der Waals surface area contributed by atoms with Crippen molar-refractivity contribution in [3.63, 3.8) is 0 Å². The monoisotopic (exact) mass is 220 g/mol. The van der Waals surface area contributed by atoms with Gasteiger partial charge in [0.15, 0.2) is 0 Å². The Morgan fingerprint density at radius 3 is 1.08 bits per heavy atom. The first-order valence-corrected chi connectivity index (χ1v) is 5.29. The van der Waals surface area contributed by atoms with Crippen molar-refractivity contribution in [2.75, 3.05) is 14.1 Å². The van der Waals surface area contributed by atoms with Gasteiger partial charge in [0.25, 0.3) is 0 Å². The summed E-state index contributed by atoms with van der Waals surface area (Å²) >= 11 is 0. The van der Waals surface area contributed by atoms with Crippen LogP contribution in [0.25, 0.3) is 0 Å². The highest BCUT2D eigenvalue weighted by Gasteiger charge is 2.26. The van der Waals surface area contributed by atoms with Crippen LogP contribution in [0.5, 0.6) is 0 Å². The van der Waals surface area contributed by atoms with Gasteiger partial charge in [0.05, 0.1) is 0 Å². The summed E-state index contributed by atoms with van der Waals surface area (Å²) < 4.78 is 57.7. The fourth-order valence-corrected chi connectivity index (χ4v) is 1.38. The molecule has 0 aliphatic carbocycles. The summed E-state index contributed by atoms with van der Waals surface area (Å²) in [6, 6.07) is 0. The lowest BCUT2D eigenvalue weighted by Crippen LogP contribution is -2.44. The average Bonchev–Trinajstić information content (AvgIpc) is 1.80. The van der Waals surface area contributed by atoms with E-state index in [-0.39, 0.29) is 8.83 Å². The van der Waals surface area contributed by atoms with E-state index in [1.54, 1.807) is 0 Å². The molecule has 0 unspecified atom stereocenters. The standard InChI is InChI=1S/C2H8N2O6S2/c1-3(11(5,6)7)4(2)12(8,9)10/h1-2H3,(H,5,6,7)(H,8,9,10). The van der Waals surface area contributed by atoms with Crippen molar-refractivity contribution >= 4 is 20.6 Å². The molecule has 8 nitrogen and oxygen atoms in total. The molecular weight excluding hydrogens is 212 g/mol. The molecule has 0 bridgehead atoms. The third-order valence-corrected chi connectivity index (χ3v) is 2.99. The molecule has 12 heavy (non-hydrogen) atoms. The molecule has 74 valence electrons. The van der Waals surface area contributed by atoms with Crippen LogP contribution in [0.4, 0.5) is 0 Å². The second kappa shape index (κ2) is 3.24. The molecule has 0 rings (SSSR count). The highest BCUT2D eigenvalue weighted by molar-refractivity contribution is 7.86. The zero-order chi connectivity index (χ0) is 10.2. The van der Waals surface area contributed by atoms with Gasteiger partial charge in [0.2, 0.25) is 0 Å². The Morgan fingerprint density at radius 1 is 0.833 bits per heavy atom. The summed E-state index contributed by atoms with van der Waals surface area (Å²) in [4.78, 5) is 0. The Bertz CT molecular complexity index is 306. The molecule has 2 N–H and O–H groups in total. The summed E-state index contributed by atoms with van der Waals surface area (Å²) in [6.07, 6.45) is 0. The second-order valence-electron chi connectivity index (χ2n) is 1.82. The minimum absolute atomic E-state index is 0.0394. The third-order valence-electron chi connectivity index (χ3n) is 1.06. The van der Waals surface area contributed by atoms with Gasteiger partial charge < -0.3 is 0 Å². The summed E-state index contributed by atoms with van der Waals surface area (Å²) in [5.41, 5.74) is 0. The predicted octanol–water partition coefficient (Wildman–Crippen LogP) is -1.63. The van der Waals surface area contributed by atoms with Crippen LogP contribution in [-0.4, -0.2) is 48.9 Å². The Balaban J connectivity index is 4.89. The van der Waals surface area contributed by atoms with Crippen molar-refractivity contribution in [2.24, 2.45) is 0 Å². The van der Waals surface area contributed by atoms with Gasteiger partial charge in [-0.1, -0.05) is 8.83 Å². The molecule has 0 aromatic heterocycles. The molecule has 0 aromatic carbocycles. The fraction of sp³-hybridized carbons (Fsp3) is 1.00. The van der Waals surface area contributed by atoms with Crippen LogP contribution in [0.15, 0.2) is 0 Å². The maximum atomic E-state index is 10.3. The Morgan fingerprint density at radius 2 is 1.00 bits per heavy atom. The first-order valence-electron chi connectivity index (χ1n) is 2.49. The molecule has 0 saturated carbocycles. The molecule has 0 aliphatic heterocycles. The van der Waals surface area contributed by atoms with Crippen molar-refractivity contribution in [3.8, 4) is 0 Å². The molecule has 0 aliphatic rings. The minimum atomic E-state index is -4.67. The summed E-state index contributed by atoms with van der Waals surface area (Å²) in [5, 5.41) is 0. The molecule has 0 radical (unpaired) electrons. The molecule has 0 fully saturated rings. The van der Waals surface area contributed by atoms with Crippen molar-refractivity contribution in [1.82, 2.24) is 8.83 Å². The van der Waals surface area contributed by atoms with E-state index in [4.69, 9.17) is 9.11 Å². The van der Waals surface area contributed by atoms with Crippen molar-refractivity contribution in [2.45, 2.75) is 0 Å². The van der Waals surface area contributed by atoms with Gasteiger partial charge in [0.1, 0.15) is 0 Å². The van der Waals surface area contributed by atoms with Crippen LogP contribution < -0.4 is 0 Å². The van der Waals surface area contributed by atoms with Crippen molar-refractivity contribution in [1.29, 1.82) is 0 Å². The third kappa shape index (κ3) is 3.00. The minimum Gasteiger partial charge on any atom is -0.272 e. The van der Waals surface area contributed by atoms with E-state index in [1.165, 1.54) is 0 Å². The zero-order valence-corrected chi connectivity index (χ0v) is 7.87. The van der Waals surface area contributed by atoms with Crippen molar-refractivity contribution < 1.29 is 25.9 Å². The van der Waals surface area contributed by atoms with Gasteiger partial charge in [-0.15, -0.1) is 0 Å². The van der Waals surface area contributed by atoms with Crippen LogP contribution in [0.2, 0.25) is 0 Å². The molecule has 0 spiro atoms. The maximum Gasteiger partial charge on any atom is 0.349 e. The predicted molar refractivity (Wildman–Crippen MR) is 38.6 cm³/mol. The van der Waals surface area contributed by atoms with E-state index in [1.807, 2.05) is 0 Å². The second-order valence-corrected chi connectivity index (χ2v) is 4.67. The van der Waals surface area contributed by atoms with Crippen LogP contribution in [-0.2, 0) is 20.6 Å². The Labute approximate surface area is 70.1 Å². The maximum absolute atomic E-state index is 10.3. The van der Waals surface area contributed by atoms with Gasteiger partial charge in [-0.05, 0) is 0 Å². The van der Waals surface area contributed by atoms with E-state index < -0.39 is 20.6 Å². The van der Waals surface area contributed by atoms with Crippen molar-refractivity contribution in [3.05, 3.63) is 0 Å². The SMILES string of the molecule is CN(N(C)S(=O)(=O)O)S(=O)(=O)O. The van der Waals surface area contributed by atoms with E-state index in [9.17, 15) is 16.8 Å². The first-order chi connectivity index (χ1) is 5.07. The Kier molecular flexibility index (Phi) is 3.17. The van der Waals surface area contributed by atoms with E-state index in [2.05, 4.69) is 0 Å². The lowest BCUT2D eigenvalue weighted by Gasteiger charge is -2.20. The summed E-state index contributed by atoms with van der Waals surface area (Å²) in [7, 11) is -7.82. The van der Waals surface area contributed by atoms with Gasteiger partial charge in [0, 0.05) is 14.1 Å². The quantitative estimate of drug-likeness (QED) is 0.436. The topological polar surface area (TPSA) is 115 Å². The van der Waals surface area contributed by atoms with Gasteiger partial charge in [-0.2, -0.15) is 16.8 Å². The van der Waals surface area contributed by atoms with Gasteiger partial charge in [-0.25, -0.2) is 0 Å². The Hall–Kier alpha value is -0.260. The summed E-state index contributed by atoms with van der Waals surface area (Å²) in [6.45, 7) is 0. The van der Waals surface area contributed by atoms with Gasteiger partial charge in [-0.3, -0.25) is 9.11 Å².